The number of aliphatic hydroxyl groups is 1. The van der Waals surface area contributed by atoms with E-state index in [0.717, 1.165) is 18.4 Å². The number of benzene rings is 4. The van der Waals surface area contributed by atoms with E-state index >= 15 is 0 Å². The van der Waals surface area contributed by atoms with Crippen molar-refractivity contribution in [3.05, 3.63) is 118 Å². The smallest absolute Gasteiger partial charge is 0.437 e. The highest BCUT2D eigenvalue weighted by Gasteiger charge is 2.76. The monoisotopic (exact) mass is 718 g/mol. The third kappa shape index (κ3) is 9.30. The molecule has 4 aromatic carbocycles. The molecule has 4 atom stereocenters. The minimum Gasteiger partial charge on any atom is -0.478 e. The molecule has 4 unspecified atom stereocenters. The van der Waals surface area contributed by atoms with E-state index in [0.29, 0.717) is 23.3 Å². The van der Waals surface area contributed by atoms with Crippen molar-refractivity contribution < 1.29 is 50.9 Å². The number of esters is 1. The highest BCUT2D eigenvalue weighted by atomic mass is 19.4. The number of ether oxygens (including phenoxy) is 1. The van der Waals surface area contributed by atoms with Crippen molar-refractivity contribution in [2.45, 2.75) is 103 Å². The number of carboxylic acid groups (broad SMARTS) is 1. The number of carbonyl (C=O) groups is 2. The van der Waals surface area contributed by atoms with E-state index in [-0.39, 0.29) is 11.5 Å². The van der Waals surface area contributed by atoms with Crippen molar-refractivity contribution in [1.29, 1.82) is 0 Å². The Labute approximate surface area is 294 Å². The summed E-state index contributed by atoms with van der Waals surface area (Å²) in [5, 5.41) is 20.4. The summed E-state index contributed by atoms with van der Waals surface area (Å²) in [7, 11) is 0. The van der Waals surface area contributed by atoms with Gasteiger partial charge in [0.1, 0.15) is 6.61 Å². The number of carbonyl (C=O) groups excluding carboxylic acids is 1. The molecule has 0 fully saturated rings. The van der Waals surface area contributed by atoms with E-state index in [2.05, 4.69) is 68.8 Å². The summed E-state index contributed by atoms with van der Waals surface area (Å²) in [6.45, 7) is 12.0. The van der Waals surface area contributed by atoms with E-state index in [9.17, 15) is 35.9 Å². The van der Waals surface area contributed by atoms with Crippen LogP contribution < -0.4 is 0 Å². The van der Waals surface area contributed by atoms with Crippen LogP contribution in [-0.4, -0.2) is 40.1 Å². The lowest BCUT2D eigenvalue weighted by atomic mass is 9.94. The number of aromatic carboxylic acids is 1. The molecule has 0 saturated carbocycles. The van der Waals surface area contributed by atoms with Crippen LogP contribution in [0.4, 0.5) is 26.3 Å². The van der Waals surface area contributed by atoms with Crippen LogP contribution in [0.3, 0.4) is 0 Å². The molecule has 0 spiro atoms. The fourth-order valence-corrected chi connectivity index (χ4v) is 5.71. The van der Waals surface area contributed by atoms with E-state index in [1.165, 1.54) is 39.6 Å². The van der Waals surface area contributed by atoms with Gasteiger partial charge in [0.15, 0.2) is 0 Å². The average molecular weight is 719 g/mol. The lowest BCUT2D eigenvalue weighted by molar-refractivity contribution is -0.357. The number of alkyl halides is 6. The SMILES string of the molecule is CC1c2cccc3cccc(c23)C1C.CCC(C)c1ccc(C(=O)O)cc1.CCC(C)c1ccc(COC(=O)C(O)(C(F)(F)F)C(F)(F)F)cc1. The minimum absolute atomic E-state index is 0.196. The van der Waals surface area contributed by atoms with Crippen LogP contribution in [0.2, 0.25) is 0 Å². The van der Waals surface area contributed by atoms with Crippen LogP contribution in [0.1, 0.15) is 116 Å². The molecule has 1 aliphatic rings. The molecule has 2 N–H and O–H groups in total. The molecule has 5 rings (SSSR count). The Hall–Kier alpha value is -4.38. The molecular weight excluding hydrogens is 674 g/mol. The van der Waals surface area contributed by atoms with Gasteiger partial charge < -0.3 is 14.9 Å². The van der Waals surface area contributed by atoms with Crippen LogP contribution in [0.25, 0.3) is 10.8 Å². The number of rotatable bonds is 8. The molecule has 51 heavy (non-hydrogen) atoms. The van der Waals surface area contributed by atoms with Crippen LogP contribution in [0.5, 0.6) is 0 Å². The van der Waals surface area contributed by atoms with Crippen molar-refractivity contribution in [2.75, 3.05) is 0 Å². The summed E-state index contributed by atoms with van der Waals surface area (Å²) in [6.07, 6.45) is -10.6. The van der Waals surface area contributed by atoms with Crippen molar-refractivity contribution in [1.82, 2.24) is 0 Å². The van der Waals surface area contributed by atoms with E-state index in [1.54, 1.807) is 24.3 Å². The van der Waals surface area contributed by atoms with Crippen LogP contribution in [0.15, 0.2) is 84.9 Å². The molecule has 0 heterocycles. The van der Waals surface area contributed by atoms with Crippen molar-refractivity contribution in [3.63, 3.8) is 0 Å². The molecule has 0 aliphatic heterocycles. The molecule has 0 bridgehead atoms. The molecule has 0 aromatic heterocycles. The molecule has 1 aliphatic carbocycles. The predicted octanol–water partition coefficient (Wildman–Crippen LogP) is 11.1. The van der Waals surface area contributed by atoms with Gasteiger partial charge in [-0.1, -0.05) is 114 Å². The first-order chi connectivity index (χ1) is 23.8. The minimum atomic E-state index is -6.25. The zero-order valence-electron chi connectivity index (χ0n) is 29.4. The fourth-order valence-electron chi connectivity index (χ4n) is 5.71. The number of hydrogen-bond acceptors (Lipinski definition) is 4. The van der Waals surface area contributed by atoms with Gasteiger partial charge in [0, 0.05) is 0 Å². The maximum atomic E-state index is 12.5. The Bertz CT molecular complexity index is 1710. The number of halogens is 6. The van der Waals surface area contributed by atoms with Crippen molar-refractivity contribution in [2.24, 2.45) is 0 Å². The molecule has 0 radical (unpaired) electrons. The van der Waals surface area contributed by atoms with Gasteiger partial charge in [-0.15, -0.1) is 0 Å². The van der Waals surface area contributed by atoms with Crippen LogP contribution in [0, 0.1) is 0 Å². The van der Waals surface area contributed by atoms with Gasteiger partial charge in [-0.25, -0.2) is 9.59 Å². The average Bonchev–Trinajstić information content (AvgIpc) is 3.35. The first-order valence-corrected chi connectivity index (χ1v) is 16.7. The Morgan fingerprint density at radius 1 is 0.706 bits per heavy atom. The number of hydrogen-bond donors (Lipinski definition) is 2. The number of carboxylic acids is 1. The maximum Gasteiger partial charge on any atom is 0.437 e. The summed E-state index contributed by atoms with van der Waals surface area (Å²) in [4.78, 5) is 21.8. The van der Waals surface area contributed by atoms with Crippen molar-refractivity contribution in [3.8, 4) is 0 Å². The Morgan fingerprint density at radius 3 is 1.49 bits per heavy atom. The fraction of sp³-hybridized carbons (Fsp3) is 0.400. The zero-order chi connectivity index (χ0) is 38.3. The normalized spacial score (nSPS) is 16.6. The van der Waals surface area contributed by atoms with E-state index in [1.807, 2.05) is 26.0 Å². The van der Waals surface area contributed by atoms with Gasteiger partial charge in [0.05, 0.1) is 5.56 Å². The summed E-state index contributed by atoms with van der Waals surface area (Å²) < 4.78 is 79.0. The molecule has 276 valence electrons. The Morgan fingerprint density at radius 2 is 1.12 bits per heavy atom. The van der Waals surface area contributed by atoms with Gasteiger partial charge in [0.25, 0.3) is 0 Å². The van der Waals surface area contributed by atoms with Crippen LogP contribution >= 0.6 is 0 Å². The third-order valence-electron chi connectivity index (χ3n) is 9.69. The zero-order valence-corrected chi connectivity index (χ0v) is 29.4. The summed E-state index contributed by atoms with van der Waals surface area (Å²) in [6, 6.07) is 26.5. The summed E-state index contributed by atoms with van der Waals surface area (Å²) >= 11 is 0. The second-order valence-corrected chi connectivity index (χ2v) is 12.9. The molecule has 5 nitrogen and oxygen atoms in total. The molecule has 11 heteroatoms. The topological polar surface area (TPSA) is 83.8 Å². The third-order valence-corrected chi connectivity index (χ3v) is 9.69. The first-order valence-electron chi connectivity index (χ1n) is 16.7. The quantitative estimate of drug-likeness (QED) is 0.140. The standard InChI is InChI=1S/C15H16F6O3.C14H14.C11H14O2/c1-3-9(2)11-6-4-10(5-7-11)8-24-12(22)13(23,14(16,17)18)15(19,20)21;1-9-10(2)13-8-4-6-11-5-3-7-12(9)14(11)13;1-3-8(2)9-4-6-10(7-5-9)11(12)13/h4-7,9,23H,3,8H2,1-2H3;3-10H,1-2H3;4-8H,3H2,1-2H3,(H,12,13). The highest BCUT2D eigenvalue weighted by molar-refractivity contribution is 5.92. The molecular formula is C40H44F6O5. The molecule has 0 amide bonds. The first kappa shape index (κ1) is 41.0. The van der Waals surface area contributed by atoms with E-state index < -0.39 is 36.5 Å². The summed E-state index contributed by atoms with van der Waals surface area (Å²) in [5.41, 5.74) is 0.184. The predicted molar refractivity (Wildman–Crippen MR) is 185 cm³/mol. The van der Waals surface area contributed by atoms with Gasteiger partial charge >= 0.3 is 29.9 Å². The van der Waals surface area contributed by atoms with Gasteiger partial charge in [-0.05, 0) is 87.2 Å². The highest BCUT2D eigenvalue weighted by Crippen LogP contribution is 2.46. The second-order valence-electron chi connectivity index (χ2n) is 12.9. The molecule has 4 aromatic rings. The van der Waals surface area contributed by atoms with Gasteiger partial charge in [0.2, 0.25) is 0 Å². The van der Waals surface area contributed by atoms with Crippen LogP contribution in [-0.2, 0) is 16.1 Å². The Balaban J connectivity index is 0.000000220. The van der Waals surface area contributed by atoms with Crippen molar-refractivity contribution >= 4 is 22.7 Å². The summed E-state index contributed by atoms with van der Waals surface area (Å²) in [5.74, 6) is -1.60. The molecule has 0 saturated heterocycles. The second kappa shape index (κ2) is 16.8. The lowest BCUT2D eigenvalue weighted by Crippen LogP contribution is -2.62. The van der Waals surface area contributed by atoms with Gasteiger partial charge in [-0.3, -0.25) is 0 Å². The Kier molecular flexibility index (Phi) is 13.5. The maximum absolute atomic E-state index is 12.5. The lowest BCUT2D eigenvalue weighted by Gasteiger charge is -2.29. The van der Waals surface area contributed by atoms with Gasteiger partial charge in [-0.2, -0.15) is 26.3 Å². The largest absolute Gasteiger partial charge is 0.478 e. The van der Waals surface area contributed by atoms with E-state index in [4.69, 9.17) is 10.2 Å².